The van der Waals surface area contributed by atoms with E-state index in [1.54, 1.807) is 0 Å². The summed E-state index contributed by atoms with van der Waals surface area (Å²) in [5, 5.41) is 9.04. The number of nitrogens with one attached hydrogen (secondary N) is 1. The molecule has 4 rings (SSSR count). The number of benzene rings is 1. The molecule has 1 N–H and O–H groups in total. The van der Waals surface area contributed by atoms with Gasteiger partial charge in [0, 0.05) is 32.6 Å². The number of hydrogen-bond donors (Lipinski definition) is 1. The van der Waals surface area contributed by atoms with Gasteiger partial charge in [0.25, 0.3) is 0 Å². The highest BCUT2D eigenvalue weighted by Crippen LogP contribution is 2.26. The second-order valence-electron chi connectivity index (χ2n) is 6.93. The van der Waals surface area contributed by atoms with Crippen LogP contribution >= 0.6 is 0 Å². The van der Waals surface area contributed by atoms with Gasteiger partial charge in [0.1, 0.15) is 11.6 Å². The Morgan fingerprint density at radius 2 is 1.84 bits per heavy atom. The lowest BCUT2D eigenvalue weighted by Gasteiger charge is -2.29. The van der Waals surface area contributed by atoms with Crippen molar-refractivity contribution < 1.29 is 0 Å². The summed E-state index contributed by atoms with van der Waals surface area (Å²) in [6, 6.07) is 10.2. The fraction of sp³-hybridized carbons (Fsp3) is 0.421. The van der Waals surface area contributed by atoms with E-state index < -0.39 is 0 Å². The lowest BCUT2D eigenvalue weighted by atomic mass is 10.1. The minimum atomic E-state index is 0.515. The molecule has 1 saturated heterocycles. The molecule has 0 aliphatic carbocycles. The minimum Gasteiger partial charge on any atom is -0.353 e. The Kier molecular flexibility index (Phi) is 4.36. The Balaban J connectivity index is 1.87. The fourth-order valence-corrected chi connectivity index (χ4v) is 3.27. The second-order valence-corrected chi connectivity index (χ2v) is 6.93. The van der Waals surface area contributed by atoms with Gasteiger partial charge in [-0.25, -0.2) is 14.6 Å². The predicted molar refractivity (Wildman–Crippen MR) is 100 cm³/mol. The second kappa shape index (κ2) is 6.80. The molecule has 0 atom stereocenters. The molecule has 6 heteroatoms. The minimum absolute atomic E-state index is 0.515. The van der Waals surface area contributed by atoms with Crippen LogP contribution in [-0.4, -0.2) is 45.9 Å². The first kappa shape index (κ1) is 16.0. The van der Waals surface area contributed by atoms with Crippen molar-refractivity contribution in [3.63, 3.8) is 0 Å². The first-order valence-corrected chi connectivity index (χ1v) is 8.98. The molecule has 1 fully saturated rings. The molecule has 3 heterocycles. The first-order chi connectivity index (χ1) is 12.2. The lowest BCUT2D eigenvalue weighted by Crippen LogP contribution is -2.44. The number of aromatic nitrogens is 4. The summed E-state index contributed by atoms with van der Waals surface area (Å²) in [4.78, 5) is 12.1. The fourth-order valence-electron chi connectivity index (χ4n) is 3.27. The molecule has 0 unspecified atom stereocenters. The van der Waals surface area contributed by atoms with Gasteiger partial charge in [-0.2, -0.15) is 5.10 Å². The van der Waals surface area contributed by atoms with Crippen molar-refractivity contribution in [2.75, 3.05) is 31.1 Å². The zero-order valence-electron chi connectivity index (χ0n) is 14.8. The van der Waals surface area contributed by atoms with Crippen molar-refractivity contribution in [1.29, 1.82) is 0 Å². The van der Waals surface area contributed by atoms with Crippen molar-refractivity contribution in [2.24, 2.45) is 5.92 Å². The Morgan fingerprint density at radius 1 is 1.08 bits per heavy atom. The smallest absolute Gasteiger partial charge is 0.168 e. The number of fused-ring (bicyclic) bond motifs is 1. The van der Waals surface area contributed by atoms with E-state index in [4.69, 9.17) is 9.97 Å². The molecule has 0 saturated carbocycles. The van der Waals surface area contributed by atoms with Gasteiger partial charge in [-0.1, -0.05) is 32.0 Å². The van der Waals surface area contributed by atoms with Crippen LogP contribution in [-0.2, 0) is 6.42 Å². The highest BCUT2D eigenvalue weighted by molar-refractivity contribution is 5.88. The van der Waals surface area contributed by atoms with Crippen LogP contribution in [0.2, 0.25) is 0 Å². The van der Waals surface area contributed by atoms with Gasteiger partial charge in [-0.05, 0) is 18.1 Å². The maximum Gasteiger partial charge on any atom is 0.168 e. The molecule has 130 valence electrons. The quantitative estimate of drug-likeness (QED) is 0.793. The summed E-state index contributed by atoms with van der Waals surface area (Å²) < 4.78 is 1.92. The summed E-state index contributed by atoms with van der Waals surface area (Å²) in [6.07, 6.45) is 2.77. The monoisotopic (exact) mass is 336 g/mol. The largest absolute Gasteiger partial charge is 0.353 e. The van der Waals surface area contributed by atoms with Crippen molar-refractivity contribution in [1.82, 2.24) is 25.1 Å². The molecule has 2 aromatic heterocycles. The number of anilines is 1. The first-order valence-electron chi connectivity index (χ1n) is 8.98. The zero-order valence-corrected chi connectivity index (χ0v) is 14.8. The number of rotatable bonds is 4. The van der Waals surface area contributed by atoms with Crippen molar-refractivity contribution in [3.05, 3.63) is 42.4 Å². The van der Waals surface area contributed by atoms with Gasteiger partial charge in [0.05, 0.1) is 17.3 Å². The predicted octanol–water partition coefficient (Wildman–Crippen LogP) is 2.42. The molecule has 6 nitrogen and oxygen atoms in total. The standard InChI is InChI=1S/C19H24N6/c1-14(2)12-17-22-18(24-10-8-20-9-11-24)16-13-21-25(19(16)23-17)15-6-4-3-5-7-15/h3-7,13-14,20H,8-12H2,1-2H3. The Morgan fingerprint density at radius 3 is 2.56 bits per heavy atom. The summed E-state index contributed by atoms with van der Waals surface area (Å²) >= 11 is 0. The summed E-state index contributed by atoms with van der Waals surface area (Å²) in [7, 11) is 0. The summed E-state index contributed by atoms with van der Waals surface area (Å²) in [5.74, 6) is 2.43. The highest BCUT2D eigenvalue weighted by atomic mass is 15.3. The van der Waals surface area contributed by atoms with Crippen LogP contribution < -0.4 is 10.2 Å². The maximum absolute atomic E-state index is 4.91. The van der Waals surface area contributed by atoms with E-state index in [0.717, 1.165) is 61.0 Å². The van der Waals surface area contributed by atoms with Gasteiger partial charge in [0.2, 0.25) is 0 Å². The summed E-state index contributed by atoms with van der Waals surface area (Å²) in [5.41, 5.74) is 1.92. The third-order valence-corrected chi connectivity index (χ3v) is 4.46. The Labute approximate surface area is 147 Å². The van der Waals surface area contributed by atoms with Crippen LogP contribution in [0.5, 0.6) is 0 Å². The highest BCUT2D eigenvalue weighted by Gasteiger charge is 2.20. The molecular formula is C19H24N6. The van der Waals surface area contributed by atoms with E-state index in [2.05, 4.69) is 41.3 Å². The third kappa shape index (κ3) is 3.22. The van der Waals surface area contributed by atoms with Gasteiger partial charge < -0.3 is 10.2 Å². The van der Waals surface area contributed by atoms with Crippen LogP contribution in [0.15, 0.2) is 36.5 Å². The normalized spacial score (nSPS) is 15.2. The van der Waals surface area contributed by atoms with E-state index in [1.807, 2.05) is 29.1 Å². The van der Waals surface area contributed by atoms with Crippen LogP contribution in [0.25, 0.3) is 16.7 Å². The number of piperazine rings is 1. The lowest BCUT2D eigenvalue weighted by molar-refractivity contribution is 0.581. The van der Waals surface area contributed by atoms with Gasteiger partial charge in [-0.15, -0.1) is 0 Å². The maximum atomic E-state index is 4.91. The molecule has 0 radical (unpaired) electrons. The number of nitrogens with zero attached hydrogens (tertiary/aromatic N) is 5. The third-order valence-electron chi connectivity index (χ3n) is 4.46. The average molecular weight is 336 g/mol. The van der Waals surface area contributed by atoms with E-state index >= 15 is 0 Å². The number of para-hydroxylation sites is 1. The Hall–Kier alpha value is -2.47. The molecule has 1 aliphatic heterocycles. The average Bonchev–Trinajstić information content (AvgIpc) is 3.06. The van der Waals surface area contributed by atoms with Gasteiger partial charge in [-0.3, -0.25) is 0 Å². The number of hydrogen-bond acceptors (Lipinski definition) is 5. The van der Waals surface area contributed by atoms with E-state index in [9.17, 15) is 0 Å². The molecule has 1 aliphatic rings. The molecule has 1 aromatic carbocycles. The van der Waals surface area contributed by atoms with Crippen LogP contribution in [0.3, 0.4) is 0 Å². The van der Waals surface area contributed by atoms with Crippen LogP contribution in [0, 0.1) is 5.92 Å². The molecule has 3 aromatic rings. The molecule has 0 bridgehead atoms. The molecular weight excluding hydrogens is 312 g/mol. The van der Waals surface area contributed by atoms with Crippen LogP contribution in [0.1, 0.15) is 19.7 Å². The van der Waals surface area contributed by atoms with E-state index in [1.165, 1.54) is 0 Å². The van der Waals surface area contributed by atoms with E-state index in [-0.39, 0.29) is 0 Å². The van der Waals surface area contributed by atoms with Crippen molar-refractivity contribution in [3.8, 4) is 5.69 Å². The van der Waals surface area contributed by atoms with Crippen LogP contribution in [0.4, 0.5) is 5.82 Å². The topological polar surface area (TPSA) is 58.9 Å². The van der Waals surface area contributed by atoms with E-state index in [0.29, 0.717) is 5.92 Å². The SMILES string of the molecule is CC(C)Cc1nc(N2CCNCC2)c2cnn(-c3ccccc3)c2n1. The molecule has 0 amide bonds. The molecule has 0 spiro atoms. The van der Waals surface area contributed by atoms with Crippen molar-refractivity contribution in [2.45, 2.75) is 20.3 Å². The van der Waals surface area contributed by atoms with Crippen molar-refractivity contribution >= 4 is 16.9 Å². The Bertz CT molecular complexity index is 849. The summed E-state index contributed by atoms with van der Waals surface area (Å²) in [6.45, 7) is 8.29. The van der Waals surface area contributed by atoms with Gasteiger partial charge >= 0.3 is 0 Å². The molecule has 25 heavy (non-hydrogen) atoms. The zero-order chi connectivity index (χ0) is 17.2. The van der Waals surface area contributed by atoms with Gasteiger partial charge in [0.15, 0.2) is 5.65 Å².